The van der Waals surface area contributed by atoms with Crippen LogP contribution in [0.5, 0.6) is 0 Å². The molecule has 2 saturated heterocycles. The molecule has 0 unspecified atom stereocenters. The largest absolute Gasteiger partial charge is 0.465 e. The van der Waals surface area contributed by atoms with Crippen molar-refractivity contribution in [2.75, 3.05) is 44.4 Å². The average molecular weight is 376 g/mol. The molecule has 0 atom stereocenters. The van der Waals surface area contributed by atoms with Crippen LogP contribution in [0.15, 0.2) is 29.2 Å². The Labute approximate surface area is 155 Å². The minimum Gasteiger partial charge on any atom is -0.465 e. The highest BCUT2D eigenvalue weighted by Crippen LogP contribution is 2.32. The van der Waals surface area contributed by atoms with Crippen LogP contribution in [-0.4, -0.2) is 61.5 Å². The molecule has 2 amide bonds. The Hall–Kier alpha value is -2.32. The van der Waals surface area contributed by atoms with Gasteiger partial charge in [0, 0.05) is 18.8 Å². The molecule has 2 heterocycles. The molecule has 0 aromatic heterocycles. The summed E-state index contributed by atoms with van der Waals surface area (Å²) in [4.78, 5) is 39.3. The number of benzene rings is 1. The number of ether oxygens (including phenoxy) is 2. The lowest BCUT2D eigenvalue weighted by molar-refractivity contribution is -0.145. The lowest BCUT2D eigenvalue weighted by Gasteiger charge is -2.28. The maximum atomic E-state index is 12.4. The van der Waals surface area contributed by atoms with Crippen LogP contribution < -0.4 is 4.90 Å². The minimum absolute atomic E-state index is 0.209. The van der Waals surface area contributed by atoms with Gasteiger partial charge in [-0.1, -0.05) is 12.1 Å². The number of hydrogen-bond acceptors (Lipinski definition) is 7. The fourth-order valence-corrected chi connectivity index (χ4v) is 3.56. The Morgan fingerprint density at radius 2 is 1.92 bits per heavy atom. The van der Waals surface area contributed by atoms with Crippen LogP contribution in [0.2, 0.25) is 0 Å². The molecule has 0 spiro atoms. The highest BCUT2D eigenvalue weighted by atomic mass is 32.2. The number of esters is 1. The van der Waals surface area contributed by atoms with Crippen LogP contribution in [0.1, 0.15) is 12.5 Å². The molecule has 0 radical (unpaired) electrons. The van der Waals surface area contributed by atoms with Gasteiger partial charge >= 0.3 is 5.97 Å². The molecule has 26 heavy (non-hydrogen) atoms. The number of morpholine rings is 1. The third kappa shape index (κ3) is 4.25. The molecule has 2 fully saturated rings. The number of amides is 2. The number of imide groups is 1. The first kappa shape index (κ1) is 18.5. The number of rotatable bonds is 5. The molecule has 138 valence electrons. The Kier molecular flexibility index (Phi) is 5.95. The number of nitrogens with zero attached hydrogens (tertiary/aromatic N) is 2. The second kappa shape index (κ2) is 8.37. The molecule has 2 aliphatic rings. The Balaban J connectivity index is 1.68. The smallest absolute Gasteiger partial charge is 0.326 e. The summed E-state index contributed by atoms with van der Waals surface area (Å²) >= 11 is 0.833. The van der Waals surface area contributed by atoms with E-state index in [0.29, 0.717) is 4.91 Å². The summed E-state index contributed by atoms with van der Waals surface area (Å²) in [6.45, 7) is 4.67. The first-order chi connectivity index (χ1) is 12.6. The van der Waals surface area contributed by atoms with Gasteiger partial charge in [0.15, 0.2) is 0 Å². The molecule has 8 heteroatoms. The average Bonchev–Trinajstić information content (AvgIpc) is 2.91. The summed E-state index contributed by atoms with van der Waals surface area (Å²) in [5.74, 6) is -1.06. The first-order valence-corrected chi connectivity index (χ1v) is 9.24. The monoisotopic (exact) mass is 376 g/mol. The maximum absolute atomic E-state index is 12.4. The van der Waals surface area contributed by atoms with Gasteiger partial charge in [-0.15, -0.1) is 0 Å². The molecule has 0 N–H and O–H groups in total. The van der Waals surface area contributed by atoms with Gasteiger partial charge in [0.2, 0.25) is 0 Å². The van der Waals surface area contributed by atoms with Crippen molar-refractivity contribution in [3.05, 3.63) is 34.7 Å². The second-order valence-electron chi connectivity index (χ2n) is 5.76. The van der Waals surface area contributed by atoms with E-state index >= 15 is 0 Å². The van der Waals surface area contributed by atoms with Gasteiger partial charge in [-0.2, -0.15) is 0 Å². The lowest BCUT2D eigenvalue weighted by atomic mass is 10.1. The van der Waals surface area contributed by atoms with Crippen molar-refractivity contribution in [2.24, 2.45) is 0 Å². The molecule has 1 aromatic carbocycles. The van der Waals surface area contributed by atoms with Gasteiger partial charge in [0.05, 0.1) is 24.7 Å². The Morgan fingerprint density at radius 3 is 2.58 bits per heavy atom. The highest BCUT2D eigenvalue weighted by Gasteiger charge is 2.36. The fraction of sp³-hybridized carbons (Fsp3) is 0.389. The van der Waals surface area contributed by atoms with E-state index in [9.17, 15) is 14.4 Å². The summed E-state index contributed by atoms with van der Waals surface area (Å²) in [5.41, 5.74) is 1.92. The molecule has 0 saturated carbocycles. The van der Waals surface area contributed by atoms with Gasteiger partial charge in [-0.25, -0.2) is 0 Å². The van der Waals surface area contributed by atoms with Crippen LogP contribution in [0, 0.1) is 0 Å². The van der Waals surface area contributed by atoms with Gasteiger partial charge in [-0.05, 0) is 42.5 Å². The summed E-state index contributed by atoms with van der Waals surface area (Å²) in [6, 6.07) is 7.79. The zero-order valence-electron chi connectivity index (χ0n) is 14.5. The van der Waals surface area contributed by atoms with E-state index in [0.717, 1.165) is 54.2 Å². The van der Waals surface area contributed by atoms with E-state index in [1.165, 1.54) is 0 Å². The summed E-state index contributed by atoms with van der Waals surface area (Å²) in [6.07, 6.45) is 1.67. The van der Waals surface area contributed by atoms with Crippen molar-refractivity contribution in [2.45, 2.75) is 6.92 Å². The predicted octanol–water partition coefficient (Wildman–Crippen LogP) is 2.12. The van der Waals surface area contributed by atoms with E-state index in [4.69, 9.17) is 9.47 Å². The van der Waals surface area contributed by atoms with Gasteiger partial charge in [-0.3, -0.25) is 19.3 Å². The molecule has 7 nitrogen and oxygen atoms in total. The van der Waals surface area contributed by atoms with Crippen molar-refractivity contribution in [3.8, 4) is 0 Å². The number of carbonyl (C=O) groups excluding carboxylic acids is 3. The van der Waals surface area contributed by atoms with Crippen LogP contribution in [-0.2, 0) is 19.1 Å². The zero-order valence-corrected chi connectivity index (χ0v) is 15.3. The van der Waals surface area contributed by atoms with E-state index in [2.05, 4.69) is 4.90 Å². The summed E-state index contributed by atoms with van der Waals surface area (Å²) in [7, 11) is 0. The van der Waals surface area contributed by atoms with Crippen molar-refractivity contribution in [3.63, 3.8) is 0 Å². The van der Waals surface area contributed by atoms with Crippen LogP contribution in [0.3, 0.4) is 0 Å². The molecular formula is C18H20N2O5S. The maximum Gasteiger partial charge on any atom is 0.326 e. The Morgan fingerprint density at radius 1 is 1.23 bits per heavy atom. The molecule has 1 aromatic rings. The predicted molar refractivity (Wildman–Crippen MR) is 98.8 cm³/mol. The normalized spacial score (nSPS) is 19.3. The molecule has 3 rings (SSSR count). The number of hydrogen-bond donors (Lipinski definition) is 0. The summed E-state index contributed by atoms with van der Waals surface area (Å²) in [5, 5.41) is -0.459. The topological polar surface area (TPSA) is 76.2 Å². The lowest BCUT2D eigenvalue weighted by Crippen LogP contribution is -2.36. The quantitative estimate of drug-likeness (QED) is 0.575. The minimum atomic E-state index is -0.592. The van der Waals surface area contributed by atoms with Crippen LogP contribution >= 0.6 is 11.8 Å². The standard InChI is InChI=1S/C18H20N2O5S/c1-2-25-16(21)12-20-17(22)15(26-18(20)23)11-13-3-5-14(6-4-13)19-7-9-24-10-8-19/h3-6,11H,2,7-10,12H2,1H3/b15-11-. The third-order valence-corrected chi connectivity index (χ3v) is 4.94. The van der Waals surface area contributed by atoms with Crippen LogP contribution in [0.25, 0.3) is 6.08 Å². The van der Waals surface area contributed by atoms with Gasteiger partial charge in [0.1, 0.15) is 6.54 Å². The van der Waals surface area contributed by atoms with E-state index in [1.54, 1.807) is 13.0 Å². The molecule has 2 aliphatic heterocycles. The highest BCUT2D eigenvalue weighted by molar-refractivity contribution is 8.18. The van der Waals surface area contributed by atoms with Crippen molar-refractivity contribution in [1.82, 2.24) is 4.90 Å². The number of anilines is 1. The van der Waals surface area contributed by atoms with Crippen LogP contribution in [0.4, 0.5) is 10.5 Å². The van der Waals surface area contributed by atoms with Crippen molar-refractivity contribution in [1.29, 1.82) is 0 Å². The van der Waals surface area contributed by atoms with Gasteiger partial charge in [0.25, 0.3) is 11.1 Å². The fourth-order valence-electron chi connectivity index (χ4n) is 2.73. The van der Waals surface area contributed by atoms with E-state index in [-0.39, 0.29) is 13.2 Å². The van der Waals surface area contributed by atoms with Crippen molar-refractivity contribution >= 4 is 40.6 Å². The molecule has 0 bridgehead atoms. The number of thioether (sulfide) groups is 1. The van der Waals surface area contributed by atoms with Crippen molar-refractivity contribution < 1.29 is 23.9 Å². The molecule has 0 aliphatic carbocycles. The van der Waals surface area contributed by atoms with Gasteiger partial charge < -0.3 is 14.4 Å². The Bertz CT molecular complexity index is 726. The first-order valence-electron chi connectivity index (χ1n) is 8.42. The third-order valence-electron chi connectivity index (χ3n) is 4.03. The SMILES string of the molecule is CCOC(=O)CN1C(=O)S/C(=C\c2ccc(N3CCOCC3)cc2)C1=O. The molecular weight excluding hydrogens is 356 g/mol. The zero-order chi connectivity index (χ0) is 18.5. The second-order valence-corrected chi connectivity index (χ2v) is 6.76. The summed E-state index contributed by atoms with van der Waals surface area (Å²) < 4.78 is 10.1. The van der Waals surface area contributed by atoms with E-state index in [1.807, 2.05) is 24.3 Å². The number of carbonyl (C=O) groups is 3. The van der Waals surface area contributed by atoms with E-state index < -0.39 is 17.1 Å².